The first kappa shape index (κ1) is 18.3. The van der Waals surface area contributed by atoms with Crippen LogP contribution in [0.1, 0.15) is 5.56 Å². The van der Waals surface area contributed by atoms with Gasteiger partial charge in [0.1, 0.15) is 5.82 Å². The third-order valence-electron chi connectivity index (χ3n) is 3.07. The van der Waals surface area contributed by atoms with Crippen LogP contribution >= 0.6 is 27.5 Å². The van der Waals surface area contributed by atoms with Gasteiger partial charge in [-0.25, -0.2) is 4.39 Å². The highest BCUT2D eigenvalue weighted by atomic mass is 79.9. The van der Waals surface area contributed by atoms with Crippen molar-refractivity contribution in [2.24, 2.45) is 0 Å². The monoisotopic (exact) mass is 413 g/mol. The van der Waals surface area contributed by atoms with Crippen LogP contribution in [0, 0.1) is 5.82 Å². The number of carbonyl (C=O) groups excluding carboxylic acids is 1. The van der Waals surface area contributed by atoms with E-state index in [1.54, 1.807) is 24.3 Å². The SMILES string of the molecule is COc1cc(C=CC(=O)Nc2ccc(Br)cc2F)cc(Cl)c1OC. The molecule has 0 atom stereocenters. The fourth-order valence-electron chi connectivity index (χ4n) is 1.97. The first-order chi connectivity index (χ1) is 11.4. The van der Waals surface area contributed by atoms with E-state index >= 15 is 0 Å². The van der Waals surface area contributed by atoms with Gasteiger partial charge in [-0.2, -0.15) is 0 Å². The molecular formula is C17H14BrClFNO3. The van der Waals surface area contributed by atoms with Crippen molar-refractivity contribution in [1.29, 1.82) is 0 Å². The Hall–Kier alpha value is -2.05. The molecular weight excluding hydrogens is 401 g/mol. The molecule has 24 heavy (non-hydrogen) atoms. The van der Waals surface area contributed by atoms with Gasteiger partial charge in [0.2, 0.25) is 5.91 Å². The van der Waals surface area contributed by atoms with E-state index in [2.05, 4.69) is 21.2 Å². The van der Waals surface area contributed by atoms with E-state index in [0.717, 1.165) is 0 Å². The van der Waals surface area contributed by atoms with E-state index in [1.165, 1.54) is 32.4 Å². The smallest absolute Gasteiger partial charge is 0.248 e. The standard InChI is InChI=1S/C17H14BrClFNO3/c1-23-15-8-10(7-12(19)17(15)24-2)3-6-16(22)21-14-5-4-11(18)9-13(14)20/h3-9H,1-2H3,(H,21,22). The lowest BCUT2D eigenvalue weighted by Crippen LogP contribution is -2.09. The van der Waals surface area contributed by atoms with E-state index in [-0.39, 0.29) is 5.69 Å². The highest BCUT2D eigenvalue weighted by Crippen LogP contribution is 2.36. The number of hydrogen-bond donors (Lipinski definition) is 1. The van der Waals surface area contributed by atoms with Gasteiger partial charge in [-0.05, 0) is 42.0 Å². The molecule has 0 unspecified atom stereocenters. The van der Waals surface area contributed by atoms with Gasteiger partial charge in [0.15, 0.2) is 11.5 Å². The minimum atomic E-state index is -0.528. The maximum atomic E-state index is 13.7. The number of carbonyl (C=O) groups is 1. The Morgan fingerprint density at radius 2 is 2.00 bits per heavy atom. The second-order valence-corrected chi connectivity index (χ2v) is 6.01. The zero-order valence-corrected chi connectivity index (χ0v) is 15.2. The molecule has 0 spiro atoms. The number of ether oxygens (including phenoxy) is 2. The van der Waals surface area contributed by atoms with Gasteiger partial charge in [0.25, 0.3) is 0 Å². The number of halogens is 3. The fourth-order valence-corrected chi connectivity index (χ4v) is 2.60. The van der Waals surface area contributed by atoms with Gasteiger partial charge in [0.05, 0.1) is 24.9 Å². The summed E-state index contributed by atoms with van der Waals surface area (Å²) in [7, 11) is 2.98. The Morgan fingerprint density at radius 1 is 1.25 bits per heavy atom. The Kier molecular flexibility index (Phi) is 6.23. The Balaban J connectivity index is 2.15. The van der Waals surface area contributed by atoms with Crippen molar-refractivity contribution in [1.82, 2.24) is 0 Å². The van der Waals surface area contributed by atoms with Crippen molar-refractivity contribution >= 4 is 45.2 Å². The van der Waals surface area contributed by atoms with Gasteiger partial charge >= 0.3 is 0 Å². The fraction of sp³-hybridized carbons (Fsp3) is 0.118. The van der Waals surface area contributed by atoms with Crippen LogP contribution in [0.3, 0.4) is 0 Å². The number of rotatable bonds is 5. The predicted octanol–water partition coefficient (Wildman–Crippen LogP) is 4.91. The van der Waals surface area contributed by atoms with Gasteiger partial charge in [-0.3, -0.25) is 4.79 Å². The summed E-state index contributed by atoms with van der Waals surface area (Å²) in [4.78, 5) is 11.9. The molecule has 2 aromatic rings. The number of amides is 1. The third-order valence-corrected chi connectivity index (χ3v) is 3.85. The first-order valence-electron chi connectivity index (χ1n) is 6.80. The average molecular weight is 415 g/mol. The molecule has 7 heteroatoms. The quantitative estimate of drug-likeness (QED) is 0.707. The van der Waals surface area contributed by atoms with Crippen LogP contribution in [-0.2, 0) is 4.79 Å². The number of anilines is 1. The topological polar surface area (TPSA) is 47.6 Å². The maximum absolute atomic E-state index is 13.7. The van der Waals surface area contributed by atoms with Gasteiger partial charge < -0.3 is 14.8 Å². The van der Waals surface area contributed by atoms with Crippen LogP contribution in [0.15, 0.2) is 40.9 Å². The maximum Gasteiger partial charge on any atom is 0.248 e. The zero-order valence-electron chi connectivity index (χ0n) is 12.9. The normalized spacial score (nSPS) is 10.7. The van der Waals surface area contributed by atoms with Crippen LogP contribution < -0.4 is 14.8 Å². The van der Waals surface area contributed by atoms with Crippen molar-refractivity contribution in [2.75, 3.05) is 19.5 Å². The highest BCUT2D eigenvalue weighted by Gasteiger charge is 2.10. The summed E-state index contributed by atoms with van der Waals surface area (Å²) >= 11 is 9.26. The summed E-state index contributed by atoms with van der Waals surface area (Å²) in [5, 5.41) is 2.82. The summed E-state index contributed by atoms with van der Waals surface area (Å²) < 4.78 is 24.6. The largest absolute Gasteiger partial charge is 0.493 e. The Labute approximate surface area is 152 Å². The summed E-state index contributed by atoms with van der Waals surface area (Å²) in [6, 6.07) is 7.68. The zero-order chi connectivity index (χ0) is 17.7. The lowest BCUT2D eigenvalue weighted by molar-refractivity contribution is -0.111. The Bertz CT molecular complexity index is 796. The number of benzene rings is 2. The molecule has 0 saturated heterocycles. The molecule has 4 nitrogen and oxygen atoms in total. The molecule has 1 amide bonds. The molecule has 2 aromatic carbocycles. The summed E-state index contributed by atoms with van der Waals surface area (Å²) in [6.45, 7) is 0. The molecule has 0 fully saturated rings. The van der Waals surface area contributed by atoms with Gasteiger partial charge in [0, 0.05) is 10.5 Å². The summed E-state index contributed by atoms with van der Waals surface area (Å²) in [5.41, 5.74) is 0.738. The molecule has 0 heterocycles. The van der Waals surface area contributed by atoms with Crippen LogP contribution in [0.25, 0.3) is 6.08 Å². The Morgan fingerprint density at radius 3 is 2.62 bits per heavy atom. The predicted molar refractivity (Wildman–Crippen MR) is 96.3 cm³/mol. The molecule has 0 saturated carbocycles. The van der Waals surface area contributed by atoms with Crippen molar-refractivity contribution in [3.8, 4) is 11.5 Å². The molecule has 0 radical (unpaired) electrons. The molecule has 0 aliphatic heterocycles. The molecule has 1 N–H and O–H groups in total. The molecule has 0 bridgehead atoms. The highest BCUT2D eigenvalue weighted by molar-refractivity contribution is 9.10. The molecule has 126 valence electrons. The van der Waals surface area contributed by atoms with E-state index in [1.807, 2.05) is 0 Å². The number of nitrogens with one attached hydrogen (secondary N) is 1. The number of hydrogen-bond acceptors (Lipinski definition) is 3. The second-order valence-electron chi connectivity index (χ2n) is 4.68. The van der Waals surface area contributed by atoms with Gasteiger partial charge in [-0.1, -0.05) is 27.5 Å². The number of methoxy groups -OCH3 is 2. The summed E-state index contributed by atoms with van der Waals surface area (Å²) in [6.07, 6.45) is 2.82. The van der Waals surface area contributed by atoms with E-state index in [4.69, 9.17) is 21.1 Å². The van der Waals surface area contributed by atoms with Crippen molar-refractivity contribution < 1.29 is 18.7 Å². The minimum absolute atomic E-state index is 0.0955. The van der Waals surface area contributed by atoms with Gasteiger partial charge in [-0.15, -0.1) is 0 Å². The van der Waals surface area contributed by atoms with Crippen molar-refractivity contribution in [2.45, 2.75) is 0 Å². The lowest BCUT2D eigenvalue weighted by Gasteiger charge is -2.10. The molecule has 0 aliphatic carbocycles. The first-order valence-corrected chi connectivity index (χ1v) is 7.97. The third kappa shape index (κ3) is 4.49. The molecule has 0 aromatic heterocycles. The van der Waals surface area contributed by atoms with Crippen LogP contribution in [0.5, 0.6) is 11.5 Å². The van der Waals surface area contributed by atoms with E-state index in [9.17, 15) is 9.18 Å². The molecule has 0 aliphatic rings. The lowest BCUT2D eigenvalue weighted by atomic mass is 10.2. The van der Waals surface area contributed by atoms with E-state index < -0.39 is 11.7 Å². The molecule has 2 rings (SSSR count). The van der Waals surface area contributed by atoms with Crippen LogP contribution in [-0.4, -0.2) is 20.1 Å². The average Bonchev–Trinajstić information content (AvgIpc) is 2.55. The van der Waals surface area contributed by atoms with Crippen molar-refractivity contribution in [3.63, 3.8) is 0 Å². The summed E-state index contributed by atoms with van der Waals surface area (Å²) in [5.74, 6) is -0.135. The van der Waals surface area contributed by atoms with Crippen molar-refractivity contribution in [3.05, 3.63) is 57.3 Å². The van der Waals surface area contributed by atoms with Crippen LogP contribution in [0.4, 0.5) is 10.1 Å². The van der Waals surface area contributed by atoms with Crippen LogP contribution in [0.2, 0.25) is 5.02 Å². The minimum Gasteiger partial charge on any atom is -0.493 e. The van der Waals surface area contributed by atoms with E-state index in [0.29, 0.717) is 26.6 Å². The second kappa shape index (κ2) is 8.17.